The first-order valence-electron chi connectivity index (χ1n) is 8.91. The zero-order chi connectivity index (χ0) is 20.1. The highest BCUT2D eigenvalue weighted by molar-refractivity contribution is 7.99. The number of nitrogens with two attached hydrogens (primary N) is 1. The molecule has 2 aromatic carbocycles. The summed E-state index contributed by atoms with van der Waals surface area (Å²) in [7, 11) is 0. The normalized spacial score (nSPS) is 10.8. The van der Waals surface area contributed by atoms with Gasteiger partial charge in [-0.1, -0.05) is 68.1 Å². The fourth-order valence-electron chi connectivity index (χ4n) is 2.81. The predicted molar refractivity (Wildman–Crippen MR) is 112 cm³/mol. The van der Waals surface area contributed by atoms with E-state index >= 15 is 0 Å². The number of imidazole rings is 1. The second kappa shape index (κ2) is 8.75. The smallest absolute Gasteiger partial charge is 0.318 e. The largest absolute Gasteiger partial charge is 0.351 e. The van der Waals surface area contributed by atoms with Gasteiger partial charge in [0.15, 0.2) is 5.16 Å². The summed E-state index contributed by atoms with van der Waals surface area (Å²) in [6, 6.07) is 17.4. The highest BCUT2D eigenvalue weighted by Crippen LogP contribution is 2.30. The van der Waals surface area contributed by atoms with Crippen LogP contribution in [-0.2, 0) is 4.79 Å². The Morgan fingerprint density at radius 2 is 1.79 bits per heavy atom. The standard InChI is InChI=1S/C21H22N4O2S/c1-14(2)15-8-10-17(11-9-15)25-18(16-6-4-3-5-7-16)12-23-21(25)28-13-19(26)24-20(22)27/h3-12,14H,13H2,1-2H3,(H3,22,24,26,27). The lowest BCUT2D eigenvalue weighted by Gasteiger charge is -2.13. The molecule has 144 valence electrons. The highest BCUT2D eigenvalue weighted by atomic mass is 32.2. The quantitative estimate of drug-likeness (QED) is 0.620. The van der Waals surface area contributed by atoms with Gasteiger partial charge >= 0.3 is 6.03 Å². The number of primary amides is 1. The van der Waals surface area contributed by atoms with Gasteiger partial charge < -0.3 is 5.73 Å². The maximum absolute atomic E-state index is 11.8. The summed E-state index contributed by atoms with van der Waals surface area (Å²) >= 11 is 1.25. The third-order valence-electron chi connectivity index (χ3n) is 4.21. The first-order valence-corrected chi connectivity index (χ1v) is 9.90. The highest BCUT2D eigenvalue weighted by Gasteiger charge is 2.16. The number of aromatic nitrogens is 2. The van der Waals surface area contributed by atoms with E-state index in [0.717, 1.165) is 16.9 Å². The molecule has 0 bridgehead atoms. The number of carbonyl (C=O) groups excluding carboxylic acids is 2. The number of hydrogen-bond acceptors (Lipinski definition) is 4. The predicted octanol–water partition coefficient (Wildman–Crippen LogP) is 3.95. The average molecular weight is 395 g/mol. The van der Waals surface area contributed by atoms with E-state index in [0.29, 0.717) is 11.1 Å². The third kappa shape index (κ3) is 4.61. The molecule has 0 saturated heterocycles. The number of nitrogens with zero attached hydrogens (tertiary/aromatic N) is 2. The Morgan fingerprint density at radius 1 is 1.11 bits per heavy atom. The van der Waals surface area contributed by atoms with Crippen LogP contribution in [0.15, 0.2) is 66.0 Å². The number of imide groups is 1. The van der Waals surface area contributed by atoms with Crippen molar-refractivity contribution in [3.8, 4) is 16.9 Å². The number of thioether (sulfide) groups is 1. The number of carbonyl (C=O) groups is 2. The molecule has 3 rings (SSSR count). The van der Waals surface area contributed by atoms with Gasteiger partial charge in [0.1, 0.15) is 0 Å². The molecule has 3 amide bonds. The van der Waals surface area contributed by atoms with E-state index in [4.69, 9.17) is 5.73 Å². The first-order chi connectivity index (χ1) is 13.5. The van der Waals surface area contributed by atoms with Gasteiger partial charge in [-0.05, 0) is 23.6 Å². The van der Waals surface area contributed by atoms with Crippen molar-refractivity contribution < 1.29 is 9.59 Å². The summed E-state index contributed by atoms with van der Waals surface area (Å²) in [4.78, 5) is 27.2. The van der Waals surface area contributed by atoms with E-state index < -0.39 is 11.9 Å². The van der Waals surface area contributed by atoms with Gasteiger partial charge in [-0.15, -0.1) is 0 Å². The Balaban J connectivity index is 1.97. The van der Waals surface area contributed by atoms with E-state index in [1.54, 1.807) is 6.20 Å². The zero-order valence-electron chi connectivity index (χ0n) is 15.8. The topological polar surface area (TPSA) is 90.0 Å². The molecule has 0 aliphatic heterocycles. The van der Waals surface area contributed by atoms with Crippen molar-refractivity contribution in [3.05, 3.63) is 66.4 Å². The van der Waals surface area contributed by atoms with Crippen LogP contribution in [0.1, 0.15) is 25.3 Å². The van der Waals surface area contributed by atoms with Crippen LogP contribution in [0, 0.1) is 0 Å². The lowest BCUT2D eigenvalue weighted by Crippen LogP contribution is -2.36. The maximum atomic E-state index is 11.8. The van der Waals surface area contributed by atoms with Gasteiger partial charge in [0.05, 0.1) is 17.6 Å². The number of urea groups is 1. The summed E-state index contributed by atoms with van der Waals surface area (Å²) in [5.41, 5.74) is 9.16. The van der Waals surface area contributed by atoms with Crippen LogP contribution in [0.5, 0.6) is 0 Å². The molecule has 0 radical (unpaired) electrons. The molecule has 0 aliphatic rings. The number of nitrogens with one attached hydrogen (secondary N) is 1. The molecule has 0 spiro atoms. The summed E-state index contributed by atoms with van der Waals surface area (Å²) in [5, 5.41) is 2.74. The second-order valence-corrected chi connectivity index (χ2v) is 7.52. The molecule has 1 heterocycles. The van der Waals surface area contributed by atoms with Gasteiger partial charge in [0, 0.05) is 11.3 Å². The summed E-state index contributed by atoms with van der Waals surface area (Å²) in [6.07, 6.45) is 1.79. The molecule has 6 nitrogen and oxygen atoms in total. The lowest BCUT2D eigenvalue weighted by molar-refractivity contribution is -0.117. The van der Waals surface area contributed by atoms with Gasteiger partial charge in [-0.3, -0.25) is 14.7 Å². The van der Waals surface area contributed by atoms with E-state index in [1.807, 2.05) is 34.9 Å². The molecule has 0 atom stereocenters. The second-order valence-electron chi connectivity index (χ2n) is 6.57. The van der Waals surface area contributed by atoms with E-state index in [1.165, 1.54) is 17.3 Å². The van der Waals surface area contributed by atoms with Crippen LogP contribution >= 0.6 is 11.8 Å². The Hall–Kier alpha value is -3.06. The Morgan fingerprint density at radius 3 is 2.39 bits per heavy atom. The fourth-order valence-corrected chi connectivity index (χ4v) is 3.60. The van der Waals surface area contributed by atoms with Gasteiger partial charge in [0.2, 0.25) is 5.91 Å². The van der Waals surface area contributed by atoms with E-state index in [2.05, 4.69) is 48.4 Å². The molecule has 0 fully saturated rings. The average Bonchev–Trinajstić information content (AvgIpc) is 3.10. The number of amides is 3. The Labute approximate surface area is 168 Å². The third-order valence-corrected chi connectivity index (χ3v) is 5.16. The molecule has 1 aromatic heterocycles. The Bertz CT molecular complexity index is 966. The molecular weight excluding hydrogens is 372 g/mol. The van der Waals surface area contributed by atoms with Crippen molar-refractivity contribution in [1.29, 1.82) is 0 Å². The minimum atomic E-state index is -0.858. The van der Waals surface area contributed by atoms with Gasteiger partial charge in [-0.25, -0.2) is 9.78 Å². The van der Waals surface area contributed by atoms with Gasteiger partial charge in [-0.2, -0.15) is 0 Å². The lowest BCUT2D eigenvalue weighted by atomic mass is 10.0. The van der Waals surface area contributed by atoms with Crippen LogP contribution in [-0.4, -0.2) is 27.2 Å². The molecule has 28 heavy (non-hydrogen) atoms. The Kier molecular flexibility index (Phi) is 6.16. The first kappa shape index (κ1) is 19.7. The summed E-state index contributed by atoms with van der Waals surface area (Å²) < 4.78 is 2.02. The summed E-state index contributed by atoms with van der Waals surface area (Å²) in [5.74, 6) is 0.0263. The number of hydrogen-bond donors (Lipinski definition) is 2. The van der Waals surface area contributed by atoms with Crippen LogP contribution in [0.25, 0.3) is 16.9 Å². The molecule has 3 N–H and O–H groups in total. The monoisotopic (exact) mass is 394 g/mol. The molecule has 0 unspecified atom stereocenters. The number of benzene rings is 2. The summed E-state index contributed by atoms with van der Waals surface area (Å²) in [6.45, 7) is 4.31. The zero-order valence-corrected chi connectivity index (χ0v) is 16.6. The molecule has 0 aliphatic carbocycles. The van der Waals surface area contributed by atoms with Crippen molar-refractivity contribution in [3.63, 3.8) is 0 Å². The SMILES string of the molecule is CC(C)c1ccc(-n2c(-c3ccccc3)cnc2SCC(=O)NC(N)=O)cc1. The van der Waals surface area contributed by atoms with E-state index in [-0.39, 0.29) is 5.75 Å². The van der Waals surface area contributed by atoms with Crippen molar-refractivity contribution in [2.24, 2.45) is 5.73 Å². The van der Waals surface area contributed by atoms with Crippen molar-refractivity contribution >= 4 is 23.7 Å². The number of rotatable bonds is 6. The molecule has 0 saturated carbocycles. The van der Waals surface area contributed by atoms with Crippen LogP contribution in [0.2, 0.25) is 0 Å². The van der Waals surface area contributed by atoms with Crippen LogP contribution < -0.4 is 11.1 Å². The molecular formula is C21H22N4O2S. The maximum Gasteiger partial charge on any atom is 0.318 e. The van der Waals surface area contributed by atoms with Crippen molar-refractivity contribution in [1.82, 2.24) is 14.9 Å². The molecule has 7 heteroatoms. The van der Waals surface area contributed by atoms with Crippen molar-refractivity contribution in [2.45, 2.75) is 24.9 Å². The van der Waals surface area contributed by atoms with Gasteiger partial charge in [0.25, 0.3) is 0 Å². The minimum absolute atomic E-state index is 0.0399. The minimum Gasteiger partial charge on any atom is -0.351 e. The molecule has 3 aromatic rings. The van der Waals surface area contributed by atoms with Crippen LogP contribution in [0.4, 0.5) is 4.79 Å². The van der Waals surface area contributed by atoms with E-state index in [9.17, 15) is 9.59 Å². The fraction of sp³-hybridized carbons (Fsp3) is 0.190. The van der Waals surface area contributed by atoms with Crippen LogP contribution in [0.3, 0.4) is 0 Å². The van der Waals surface area contributed by atoms with Crippen molar-refractivity contribution in [2.75, 3.05) is 5.75 Å².